The minimum Gasteiger partial charge on any atom is -0.491 e. The lowest BCUT2D eigenvalue weighted by atomic mass is 9.56. The molecule has 188 valence electrons. The van der Waals surface area contributed by atoms with E-state index in [1.807, 2.05) is 18.2 Å². The molecule has 0 unspecified atom stereocenters. The fourth-order valence-electron chi connectivity index (χ4n) is 7.31. The lowest BCUT2D eigenvalue weighted by Gasteiger charge is -2.61. The van der Waals surface area contributed by atoms with Gasteiger partial charge >= 0.3 is 0 Å². The molecule has 2 bridgehead atoms. The summed E-state index contributed by atoms with van der Waals surface area (Å²) in [5, 5.41) is 0. The molecule has 0 aromatic heterocycles. The third-order valence-electron chi connectivity index (χ3n) is 9.23. The standard InChI is InChI=1S/C30H38O5/c1-20-9-14-26-21(2)28(33-27-19-29(3)16-15-25(20)30(26,27)35-34-29)32-18-17-31-24-12-10-23(11-13-24)22-7-5-4-6-8-22/h4-8,10-13,20-21,25-28H,9,14-19H2,1-3H3/t20-,21-,25+,26+,27+,28+,29+,30-/m1/s1. The molecule has 5 heteroatoms. The van der Waals surface area contributed by atoms with E-state index in [9.17, 15) is 0 Å². The van der Waals surface area contributed by atoms with Gasteiger partial charge in [0.25, 0.3) is 0 Å². The van der Waals surface area contributed by atoms with E-state index in [4.69, 9.17) is 24.0 Å². The van der Waals surface area contributed by atoms with Gasteiger partial charge in [0, 0.05) is 18.3 Å². The van der Waals surface area contributed by atoms with E-state index in [-0.39, 0.29) is 29.5 Å². The van der Waals surface area contributed by atoms with E-state index in [0.29, 0.717) is 31.0 Å². The summed E-state index contributed by atoms with van der Waals surface area (Å²) in [5.41, 5.74) is 1.80. The number of benzene rings is 2. The van der Waals surface area contributed by atoms with Crippen LogP contribution >= 0.6 is 0 Å². The SMILES string of the molecule is C[C@H]1[C@@H](OCCOc2ccc(-c3ccccc3)cc2)O[C@H]2C[C@]3(C)CC[C@H]4[C@H](C)CC[C@@H]1[C@@]24OO3. The van der Waals surface area contributed by atoms with Gasteiger partial charge in [-0.05, 0) is 67.7 Å². The highest BCUT2D eigenvalue weighted by atomic mass is 17.2. The van der Waals surface area contributed by atoms with Crippen LogP contribution in [0.4, 0.5) is 0 Å². The summed E-state index contributed by atoms with van der Waals surface area (Å²) in [7, 11) is 0. The molecule has 0 radical (unpaired) electrons. The first kappa shape index (κ1) is 23.5. The Balaban J connectivity index is 1.08. The predicted octanol–water partition coefficient (Wildman–Crippen LogP) is 6.42. The molecule has 3 heterocycles. The average Bonchev–Trinajstić information content (AvgIpc) is 3.11. The molecule has 5 aliphatic rings. The van der Waals surface area contributed by atoms with Gasteiger partial charge in [0.1, 0.15) is 23.6 Å². The Hall–Kier alpha value is -1.92. The molecule has 2 aromatic rings. The Kier molecular flexibility index (Phi) is 6.16. The predicted molar refractivity (Wildman–Crippen MR) is 134 cm³/mol. The third kappa shape index (κ3) is 4.11. The topological polar surface area (TPSA) is 46.2 Å². The molecule has 1 spiro atoms. The van der Waals surface area contributed by atoms with E-state index in [0.717, 1.165) is 31.4 Å². The molecule has 3 saturated heterocycles. The maximum Gasteiger partial charge on any atom is 0.161 e. The Morgan fingerprint density at radius 1 is 0.857 bits per heavy atom. The Labute approximate surface area is 209 Å². The second-order valence-electron chi connectivity index (χ2n) is 11.4. The van der Waals surface area contributed by atoms with Gasteiger partial charge in [-0.15, -0.1) is 0 Å². The van der Waals surface area contributed by atoms with Gasteiger partial charge in [-0.1, -0.05) is 56.3 Å². The summed E-state index contributed by atoms with van der Waals surface area (Å²) in [6.45, 7) is 7.81. The van der Waals surface area contributed by atoms with E-state index in [1.54, 1.807) is 0 Å². The van der Waals surface area contributed by atoms with Crippen LogP contribution in [0.2, 0.25) is 0 Å². The van der Waals surface area contributed by atoms with Crippen LogP contribution in [0.25, 0.3) is 11.1 Å². The monoisotopic (exact) mass is 478 g/mol. The third-order valence-corrected chi connectivity index (χ3v) is 9.23. The Morgan fingerprint density at radius 2 is 1.63 bits per heavy atom. The highest BCUT2D eigenvalue weighted by molar-refractivity contribution is 5.63. The second kappa shape index (κ2) is 9.19. The normalized spacial score (nSPS) is 40.1. The van der Waals surface area contributed by atoms with Crippen LogP contribution < -0.4 is 4.74 Å². The Bertz CT molecular complexity index is 1010. The zero-order valence-electron chi connectivity index (χ0n) is 21.2. The molecule has 0 N–H and O–H groups in total. The molecule has 0 amide bonds. The molecule has 2 aromatic carbocycles. The van der Waals surface area contributed by atoms with Crippen LogP contribution in [0.3, 0.4) is 0 Å². The van der Waals surface area contributed by atoms with Crippen molar-refractivity contribution in [3.63, 3.8) is 0 Å². The highest BCUT2D eigenvalue weighted by Crippen LogP contribution is 2.61. The molecular formula is C30H38O5. The zero-order chi connectivity index (χ0) is 24.0. The van der Waals surface area contributed by atoms with Crippen molar-refractivity contribution in [1.29, 1.82) is 0 Å². The number of ether oxygens (including phenoxy) is 3. The van der Waals surface area contributed by atoms with E-state index >= 15 is 0 Å². The number of fused-ring (bicyclic) bond motifs is 2. The minimum absolute atomic E-state index is 0.0224. The van der Waals surface area contributed by atoms with Crippen LogP contribution in [0, 0.1) is 23.7 Å². The summed E-state index contributed by atoms with van der Waals surface area (Å²) in [5.74, 6) is 2.61. The minimum atomic E-state index is -0.329. The van der Waals surface area contributed by atoms with Crippen molar-refractivity contribution in [2.24, 2.45) is 23.7 Å². The summed E-state index contributed by atoms with van der Waals surface area (Å²) < 4.78 is 19.0. The van der Waals surface area contributed by atoms with Crippen molar-refractivity contribution < 1.29 is 24.0 Å². The van der Waals surface area contributed by atoms with Crippen LogP contribution in [0.1, 0.15) is 52.9 Å². The van der Waals surface area contributed by atoms with Gasteiger partial charge in [0.2, 0.25) is 0 Å². The van der Waals surface area contributed by atoms with Crippen LogP contribution in [0.5, 0.6) is 5.75 Å². The fraction of sp³-hybridized carbons (Fsp3) is 0.600. The smallest absolute Gasteiger partial charge is 0.161 e. The molecule has 5 nitrogen and oxygen atoms in total. The number of rotatable bonds is 6. The van der Waals surface area contributed by atoms with Gasteiger partial charge in [0.05, 0.1) is 12.7 Å². The van der Waals surface area contributed by atoms with Gasteiger partial charge in [0.15, 0.2) is 6.29 Å². The van der Waals surface area contributed by atoms with Gasteiger partial charge in [-0.2, -0.15) is 0 Å². The van der Waals surface area contributed by atoms with E-state index in [2.05, 4.69) is 57.2 Å². The van der Waals surface area contributed by atoms with E-state index in [1.165, 1.54) is 17.5 Å². The van der Waals surface area contributed by atoms with Crippen molar-refractivity contribution in [2.75, 3.05) is 13.2 Å². The van der Waals surface area contributed by atoms with Crippen molar-refractivity contribution in [1.82, 2.24) is 0 Å². The molecule has 8 atom stereocenters. The van der Waals surface area contributed by atoms with E-state index < -0.39 is 0 Å². The molecule has 5 fully saturated rings. The van der Waals surface area contributed by atoms with Crippen molar-refractivity contribution in [3.05, 3.63) is 54.6 Å². The maximum atomic E-state index is 6.69. The fourth-order valence-corrected chi connectivity index (χ4v) is 7.31. The van der Waals surface area contributed by atoms with Crippen LogP contribution in [-0.2, 0) is 19.2 Å². The summed E-state index contributed by atoms with van der Waals surface area (Å²) in [6.07, 6.45) is 5.24. The lowest BCUT2D eigenvalue weighted by Crippen LogP contribution is -2.69. The average molecular weight is 479 g/mol. The van der Waals surface area contributed by atoms with Gasteiger partial charge in [-0.3, -0.25) is 0 Å². The second-order valence-corrected chi connectivity index (χ2v) is 11.4. The van der Waals surface area contributed by atoms with Crippen molar-refractivity contribution in [3.8, 4) is 16.9 Å². The molecule has 35 heavy (non-hydrogen) atoms. The highest BCUT2D eigenvalue weighted by Gasteiger charge is 2.68. The molecular weight excluding hydrogens is 440 g/mol. The molecule has 2 aliphatic carbocycles. The maximum absolute atomic E-state index is 6.69. The first-order chi connectivity index (χ1) is 17.0. The quantitative estimate of drug-likeness (QED) is 0.354. The van der Waals surface area contributed by atoms with Crippen LogP contribution in [0.15, 0.2) is 54.6 Å². The van der Waals surface area contributed by atoms with Crippen molar-refractivity contribution >= 4 is 0 Å². The summed E-state index contributed by atoms with van der Waals surface area (Å²) in [4.78, 5) is 12.4. The lowest BCUT2D eigenvalue weighted by molar-refractivity contribution is -0.495. The van der Waals surface area contributed by atoms with Gasteiger partial charge in [-0.25, -0.2) is 9.78 Å². The number of hydrogen-bond donors (Lipinski definition) is 0. The van der Waals surface area contributed by atoms with Crippen molar-refractivity contribution in [2.45, 2.75) is 76.5 Å². The first-order valence-corrected chi connectivity index (χ1v) is 13.4. The zero-order valence-corrected chi connectivity index (χ0v) is 21.2. The van der Waals surface area contributed by atoms with Gasteiger partial charge < -0.3 is 14.2 Å². The van der Waals surface area contributed by atoms with Crippen LogP contribution in [-0.4, -0.2) is 36.8 Å². The number of hydrogen-bond acceptors (Lipinski definition) is 5. The first-order valence-electron chi connectivity index (χ1n) is 13.4. The molecule has 7 rings (SSSR count). The summed E-state index contributed by atoms with van der Waals surface area (Å²) in [6, 6.07) is 18.6. The molecule has 2 saturated carbocycles. The Morgan fingerprint density at radius 3 is 2.43 bits per heavy atom. The largest absolute Gasteiger partial charge is 0.491 e. The molecule has 3 aliphatic heterocycles. The summed E-state index contributed by atoms with van der Waals surface area (Å²) >= 11 is 0.